The molecule has 2 aromatic carbocycles. The van der Waals surface area contributed by atoms with Crippen molar-refractivity contribution in [3.05, 3.63) is 76.8 Å². The van der Waals surface area contributed by atoms with E-state index in [2.05, 4.69) is 15.6 Å². The molecular formula is C23H26N4O3S. The highest BCUT2D eigenvalue weighted by Gasteiger charge is 2.19. The lowest BCUT2D eigenvalue weighted by molar-refractivity contribution is -0.120. The van der Waals surface area contributed by atoms with Crippen molar-refractivity contribution in [3.63, 3.8) is 0 Å². The van der Waals surface area contributed by atoms with Gasteiger partial charge in [-0.05, 0) is 32.3 Å². The maximum absolute atomic E-state index is 12.5. The molecule has 0 saturated carbocycles. The number of carbonyl (C=O) groups is 2. The van der Waals surface area contributed by atoms with Gasteiger partial charge in [-0.3, -0.25) is 14.9 Å². The Hall–Kier alpha value is -3.23. The van der Waals surface area contributed by atoms with Crippen LogP contribution < -0.4 is 15.4 Å². The predicted octanol–water partition coefficient (Wildman–Crippen LogP) is 3.37. The van der Waals surface area contributed by atoms with Gasteiger partial charge in [0, 0.05) is 23.1 Å². The van der Waals surface area contributed by atoms with Crippen LogP contribution in [-0.2, 0) is 11.2 Å². The molecule has 31 heavy (non-hydrogen) atoms. The van der Waals surface area contributed by atoms with Gasteiger partial charge in [0.2, 0.25) is 5.91 Å². The van der Waals surface area contributed by atoms with Crippen molar-refractivity contribution in [3.8, 4) is 5.75 Å². The van der Waals surface area contributed by atoms with Gasteiger partial charge in [-0.2, -0.15) is 0 Å². The molecule has 0 aliphatic heterocycles. The summed E-state index contributed by atoms with van der Waals surface area (Å²) in [4.78, 5) is 31.1. The maximum atomic E-state index is 12.5. The van der Waals surface area contributed by atoms with Crippen LogP contribution in [0.4, 0.5) is 5.13 Å². The summed E-state index contributed by atoms with van der Waals surface area (Å²) in [6, 6.07) is 16.7. The molecule has 1 atom stereocenters. The third-order valence-corrected chi connectivity index (χ3v) is 5.57. The highest BCUT2D eigenvalue weighted by molar-refractivity contribution is 7.14. The predicted molar refractivity (Wildman–Crippen MR) is 123 cm³/mol. The maximum Gasteiger partial charge on any atom is 0.257 e. The molecule has 7 nitrogen and oxygen atoms in total. The summed E-state index contributed by atoms with van der Waals surface area (Å²) in [5.74, 6) is 0.429. The van der Waals surface area contributed by atoms with Gasteiger partial charge in [0.25, 0.3) is 5.91 Å². The molecule has 8 heteroatoms. The fourth-order valence-electron chi connectivity index (χ4n) is 3.15. The number of para-hydroxylation sites is 1. The zero-order valence-electron chi connectivity index (χ0n) is 17.8. The van der Waals surface area contributed by atoms with Gasteiger partial charge in [0.1, 0.15) is 5.75 Å². The highest BCUT2D eigenvalue weighted by Crippen LogP contribution is 2.27. The average molecular weight is 439 g/mol. The van der Waals surface area contributed by atoms with Crippen LogP contribution in [-0.4, -0.2) is 49.4 Å². The van der Waals surface area contributed by atoms with Crippen molar-refractivity contribution in [2.24, 2.45) is 0 Å². The summed E-state index contributed by atoms with van der Waals surface area (Å²) in [7, 11) is 5.57. The number of likely N-dealkylation sites (N-methyl/N-ethyl adjacent to an activating group) is 1. The van der Waals surface area contributed by atoms with Gasteiger partial charge < -0.3 is 15.0 Å². The number of nitrogens with one attached hydrogen (secondary N) is 2. The smallest absolute Gasteiger partial charge is 0.257 e. The first-order valence-electron chi connectivity index (χ1n) is 9.84. The molecule has 3 rings (SSSR count). The Morgan fingerprint density at radius 3 is 2.52 bits per heavy atom. The summed E-state index contributed by atoms with van der Waals surface area (Å²) in [6.07, 6.45) is 0.143. The first-order chi connectivity index (χ1) is 15.0. The van der Waals surface area contributed by atoms with Gasteiger partial charge in [-0.1, -0.05) is 36.4 Å². The second-order valence-corrected chi connectivity index (χ2v) is 8.02. The Balaban J connectivity index is 1.56. The molecule has 0 spiro atoms. The van der Waals surface area contributed by atoms with Gasteiger partial charge in [0.05, 0.1) is 25.3 Å². The number of hydrogen-bond acceptors (Lipinski definition) is 6. The number of benzene rings is 2. The van der Waals surface area contributed by atoms with E-state index in [1.165, 1.54) is 11.3 Å². The van der Waals surface area contributed by atoms with Crippen molar-refractivity contribution in [1.29, 1.82) is 0 Å². The molecule has 1 unspecified atom stereocenters. The molecule has 2 amide bonds. The average Bonchev–Trinajstić information content (AvgIpc) is 3.21. The third kappa shape index (κ3) is 6.13. The van der Waals surface area contributed by atoms with Crippen LogP contribution in [0.2, 0.25) is 0 Å². The number of amides is 2. The monoisotopic (exact) mass is 438 g/mol. The number of aromatic nitrogens is 1. The van der Waals surface area contributed by atoms with Crippen molar-refractivity contribution < 1.29 is 14.3 Å². The molecule has 0 aliphatic rings. The van der Waals surface area contributed by atoms with E-state index in [0.717, 1.165) is 11.3 Å². The van der Waals surface area contributed by atoms with Crippen LogP contribution in [0.1, 0.15) is 27.7 Å². The third-order valence-electron chi connectivity index (χ3n) is 4.76. The Bertz CT molecular complexity index is 1020. The van der Waals surface area contributed by atoms with Gasteiger partial charge in [-0.25, -0.2) is 4.98 Å². The van der Waals surface area contributed by atoms with Gasteiger partial charge in [-0.15, -0.1) is 11.3 Å². The Morgan fingerprint density at radius 1 is 1.10 bits per heavy atom. The zero-order valence-corrected chi connectivity index (χ0v) is 18.6. The molecule has 0 fully saturated rings. The SMILES string of the molecule is COc1ccccc1C(CNC(=O)Cc1csc(NC(=O)c2ccccc2)n1)N(C)C. The molecule has 0 aliphatic carbocycles. The number of anilines is 1. The topological polar surface area (TPSA) is 83.6 Å². The van der Waals surface area contributed by atoms with E-state index in [-0.39, 0.29) is 24.3 Å². The molecule has 0 saturated heterocycles. The van der Waals surface area contributed by atoms with Crippen molar-refractivity contribution in [2.75, 3.05) is 33.1 Å². The minimum Gasteiger partial charge on any atom is -0.496 e. The number of carbonyl (C=O) groups excluding carboxylic acids is 2. The highest BCUT2D eigenvalue weighted by atomic mass is 32.1. The minimum absolute atomic E-state index is 0.0312. The van der Waals surface area contributed by atoms with Crippen molar-refractivity contribution in [1.82, 2.24) is 15.2 Å². The molecule has 2 N–H and O–H groups in total. The molecule has 1 aromatic heterocycles. The lowest BCUT2D eigenvalue weighted by Crippen LogP contribution is -2.35. The summed E-state index contributed by atoms with van der Waals surface area (Å²) >= 11 is 1.30. The van der Waals surface area contributed by atoms with Crippen LogP contribution in [0.15, 0.2) is 60.0 Å². The van der Waals surface area contributed by atoms with Crippen LogP contribution in [0, 0.1) is 0 Å². The summed E-state index contributed by atoms with van der Waals surface area (Å²) in [5.41, 5.74) is 2.18. The Kier molecular flexibility index (Phi) is 7.75. The lowest BCUT2D eigenvalue weighted by atomic mass is 10.0. The number of methoxy groups -OCH3 is 1. The molecule has 0 bridgehead atoms. The van der Waals surface area contributed by atoms with Gasteiger partial charge in [0.15, 0.2) is 5.13 Å². The van der Waals surface area contributed by atoms with E-state index in [4.69, 9.17) is 4.74 Å². The Labute approximate surface area is 186 Å². The number of thiazole rings is 1. The van der Waals surface area contributed by atoms with Crippen LogP contribution in [0.5, 0.6) is 5.75 Å². The van der Waals surface area contributed by atoms with Crippen LogP contribution in [0.3, 0.4) is 0 Å². The van der Waals surface area contributed by atoms with Crippen LogP contribution >= 0.6 is 11.3 Å². The summed E-state index contributed by atoms with van der Waals surface area (Å²) in [5, 5.41) is 8.00. The molecule has 0 radical (unpaired) electrons. The van der Waals surface area contributed by atoms with E-state index in [9.17, 15) is 9.59 Å². The van der Waals surface area contributed by atoms with Gasteiger partial charge >= 0.3 is 0 Å². The van der Waals surface area contributed by atoms with E-state index in [1.54, 1.807) is 36.8 Å². The number of nitrogens with zero attached hydrogens (tertiary/aromatic N) is 2. The quantitative estimate of drug-likeness (QED) is 0.535. The standard InChI is InChI=1S/C23H26N4O3S/c1-27(2)19(18-11-7-8-12-20(18)30-3)14-24-21(28)13-17-15-31-23(25-17)26-22(29)16-9-5-4-6-10-16/h4-12,15,19H,13-14H2,1-3H3,(H,24,28)(H,25,26,29). The van der Waals surface area contributed by atoms with Crippen LogP contribution in [0.25, 0.3) is 0 Å². The number of hydrogen-bond donors (Lipinski definition) is 2. The summed E-state index contributed by atoms with van der Waals surface area (Å²) in [6.45, 7) is 0.438. The molecule has 162 valence electrons. The van der Waals surface area contributed by atoms with E-state index < -0.39 is 0 Å². The van der Waals surface area contributed by atoms with E-state index >= 15 is 0 Å². The van der Waals surface area contributed by atoms with E-state index in [1.807, 2.05) is 49.3 Å². The van der Waals surface area contributed by atoms with E-state index in [0.29, 0.717) is 22.9 Å². The second-order valence-electron chi connectivity index (χ2n) is 7.17. The number of rotatable bonds is 9. The largest absolute Gasteiger partial charge is 0.496 e. The molecular weight excluding hydrogens is 412 g/mol. The van der Waals surface area contributed by atoms with Crippen molar-refractivity contribution >= 4 is 28.3 Å². The molecule has 1 heterocycles. The minimum atomic E-state index is -0.225. The number of ether oxygens (including phenoxy) is 1. The normalized spacial score (nSPS) is 11.7. The molecule has 3 aromatic rings. The fourth-order valence-corrected chi connectivity index (χ4v) is 3.86. The zero-order chi connectivity index (χ0) is 22.2. The lowest BCUT2D eigenvalue weighted by Gasteiger charge is -2.26. The first kappa shape index (κ1) is 22.5. The Morgan fingerprint density at radius 2 is 1.81 bits per heavy atom. The second kappa shape index (κ2) is 10.7. The summed E-state index contributed by atoms with van der Waals surface area (Å²) < 4.78 is 5.46. The fraction of sp³-hybridized carbons (Fsp3) is 0.261. The van der Waals surface area contributed by atoms with Crippen molar-refractivity contribution in [2.45, 2.75) is 12.5 Å². The first-order valence-corrected chi connectivity index (χ1v) is 10.7.